The second-order valence-corrected chi connectivity index (χ2v) is 7.48. The normalized spacial score (nSPS) is 11.7. The van der Waals surface area contributed by atoms with E-state index < -0.39 is 52.6 Å². The van der Waals surface area contributed by atoms with Gasteiger partial charge in [-0.25, -0.2) is 22.0 Å². The van der Waals surface area contributed by atoms with E-state index in [0.29, 0.717) is 4.47 Å². The first-order valence-corrected chi connectivity index (χ1v) is 8.87. The zero-order valence-electron chi connectivity index (χ0n) is 15.0. The van der Waals surface area contributed by atoms with Gasteiger partial charge in [0.2, 0.25) is 5.82 Å². The van der Waals surface area contributed by atoms with E-state index in [-0.39, 0.29) is 5.82 Å². The third-order valence-electron chi connectivity index (χ3n) is 4.18. The van der Waals surface area contributed by atoms with Gasteiger partial charge in [-0.05, 0) is 29.8 Å². The van der Waals surface area contributed by atoms with Crippen LogP contribution in [0.1, 0.15) is 19.4 Å². The number of rotatable bonds is 5. The van der Waals surface area contributed by atoms with Crippen LogP contribution in [0.2, 0.25) is 0 Å². The van der Waals surface area contributed by atoms with Crippen LogP contribution >= 0.6 is 15.9 Å². The molecule has 0 atom stereocenters. The smallest absolute Gasteiger partial charge is 0.252 e. The highest BCUT2D eigenvalue weighted by Gasteiger charge is 2.31. The van der Waals surface area contributed by atoms with Gasteiger partial charge in [0, 0.05) is 18.5 Å². The molecule has 2 heterocycles. The number of halogens is 6. The Kier molecular flexibility index (Phi) is 5.48. The first-order chi connectivity index (χ1) is 13.5. The van der Waals surface area contributed by atoms with E-state index in [2.05, 4.69) is 31.4 Å². The van der Waals surface area contributed by atoms with Crippen molar-refractivity contribution in [2.45, 2.75) is 25.9 Å². The maximum absolute atomic E-state index is 13.8. The molecule has 1 N–H and O–H groups in total. The molecule has 3 aromatic rings. The largest absolute Gasteiger partial charge is 0.307 e. The van der Waals surface area contributed by atoms with Crippen LogP contribution in [0.5, 0.6) is 0 Å². The summed E-state index contributed by atoms with van der Waals surface area (Å²) in [5, 5.41) is 10.5. The summed E-state index contributed by atoms with van der Waals surface area (Å²) >= 11 is 3.23. The molecule has 0 aliphatic carbocycles. The first kappa shape index (κ1) is 21.0. The molecule has 6 nitrogen and oxygen atoms in total. The van der Waals surface area contributed by atoms with Gasteiger partial charge in [0.25, 0.3) is 5.91 Å². The lowest BCUT2D eigenvalue weighted by Crippen LogP contribution is -2.40. The van der Waals surface area contributed by atoms with Gasteiger partial charge in [0.1, 0.15) is 5.54 Å². The number of nitrogens with zero attached hydrogens (tertiary/aromatic N) is 4. The van der Waals surface area contributed by atoms with Crippen molar-refractivity contribution < 1.29 is 26.7 Å². The van der Waals surface area contributed by atoms with Crippen LogP contribution in [0, 0.1) is 29.1 Å². The first-order valence-electron chi connectivity index (χ1n) is 8.08. The molecule has 0 bridgehead atoms. The number of aromatic nitrogens is 4. The highest BCUT2D eigenvalue weighted by molar-refractivity contribution is 9.10. The minimum atomic E-state index is -2.23. The van der Waals surface area contributed by atoms with Crippen LogP contribution in [0.3, 0.4) is 0 Å². The van der Waals surface area contributed by atoms with Crippen molar-refractivity contribution in [1.29, 1.82) is 0 Å². The average Bonchev–Trinajstić information content (AvgIpc) is 3.31. The lowest BCUT2D eigenvalue weighted by molar-refractivity contribution is -0.123. The van der Waals surface area contributed by atoms with Gasteiger partial charge in [0.15, 0.2) is 29.1 Å². The van der Waals surface area contributed by atoms with Crippen molar-refractivity contribution >= 4 is 27.7 Å². The van der Waals surface area contributed by atoms with E-state index in [9.17, 15) is 26.7 Å². The zero-order valence-corrected chi connectivity index (χ0v) is 16.6. The van der Waals surface area contributed by atoms with Crippen molar-refractivity contribution in [3.05, 3.63) is 63.8 Å². The second kappa shape index (κ2) is 7.58. The van der Waals surface area contributed by atoms with Gasteiger partial charge in [-0.2, -0.15) is 10.2 Å². The fourth-order valence-corrected chi connectivity index (χ4v) is 2.73. The molecule has 0 aliphatic heterocycles. The summed E-state index contributed by atoms with van der Waals surface area (Å²) in [6, 6.07) is 1.32. The summed E-state index contributed by atoms with van der Waals surface area (Å²) < 4.78 is 70.4. The minimum absolute atomic E-state index is 0.0261. The molecule has 3 rings (SSSR count). The van der Waals surface area contributed by atoms with Crippen LogP contribution in [0.25, 0.3) is 0 Å². The number of hydrogen-bond donors (Lipinski definition) is 1. The SMILES string of the molecule is CC(C)(C(=O)Nc1ccn(Cc2c(F)c(F)c(F)c(F)c2F)n1)n1cc(Br)cn1. The Hall–Kier alpha value is -2.76. The molecule has 0 saturated heterocycles. The van der Waals surface area contributed by atoms with Gasteiger partial charge in [-0.1, -0.05) is 0 Å². The highest BCUT2D eigenvalue weighted by Crippen LogP contribution is 2.24. The van der Waals surface area contributed by atoms with E-state index in [1.54, 1.807) is 20.0 Å². The molecule has 2 aromatic heterocycles. The summed E-state index contributed by atoms with van der Waals surface area (Å²) in [6.45, 7) is 2.48. The molecule has 0 saturated carbocycles. The van der Waals surface area contributed by atoms with Crippen LogP contribution in [-0.4, -0.2) is 25.5 Å². The Morgan fingerprint density at radius 1 is 1.10 bits per heavy atom. The van der Waals surface area contributed by atoms with Crippen molar-refractivity contribution in [2.75, 3.05) is 5.32 Å². The topological polar surface area (TPSA) is 64.7 Å². The quantitative estimate of drug-likeness (QED) is 0.343. The number of nitrogens with one attached hydrogen (secondary N) is 1. The van der Waals surface area contributed by atoms with Crippen LogP contribution in [-0.2, 0) is 16.9 Å². The molecule has 0 aliphatic rings. The maximum atomic E-state index is 13.8. The Labute approximate surface area is 169 Å². The Morgan fingerprint density at radius 3 is 2.24 bits per heavy atom. The third-order valence-corrected chi connectivity index (χ3v) is 4.59. The third kappa shape index (κ3) is 3.88. The molecule has 0 radical (unpaired) electrons. The number of carbonyl (C=O) groups is 1. The molecule has 0 spiro atoms. The van der Waals surface area contributed by atoms with Crippen molar-refractivity contribution in [3.63, 3.8) is 0 Å². The van der Waals surface area contributed by atoms with E-state index in [1.807, 2.05) is 0 Å². The summed E-state index contributed by atoms with van der Waals surface area (Å²) in [4.78, 5) is 12.5. The van der Waals surface area contributed by atoms with Crippen LogP contribution in [0.15, 0.2) is 29.1 Å². The predicted octanol–water partition coefficient (Wildman–Crippen LogP) is 3.96. The molecule has 12 heteroatoms. The predicted molar refractivity (Wildman–Crippen MR) is 95.4 cm³/mol. The van der Waals surface area contributed by atoms with Crippen molar-refractivity contribution in [2.24, 2.45) is 0 Å². The van der Waals surface area contributed by atoms with Crippen molar-refractivity contribution in [1.82, 2.24) is 19.6 Å². The Balaban J connectivity index is 1.79. The van der Waals surface area contributed by atoms with Gasteiger partial charge in [0.05, 0.1) is 22.8 Å². The lowest BCUT2D eigenvalue weighted by atomic mass is 10.1. The van der Waals surface area contributed by atoms with Crippen molar-refractivity contribution in [3.8, 4) is 0 Å². The van der Waals surface area contributed by atoms with E-state index in [4.69, 9.17) is 0 Å². The molecule has 29 heavy (non-hydrogen) atoms. The zero-order chi connectivity index (χ0) is 21.5. The van der Waals surface area contributed by atoms with Gasteiger partial charge in [-0.3, -0.25) is 14.2 Å². The molecular formula is C17H13BrF5N5O. The van der Waals surface area contributed by atoms with E-state index in [0.717, 1.165) is 4.68 Å². The molecule has 0 fully saturated rings. The summed E-state index contributed by atoms with van der Waals surface area (Å²) in [5.74, 6) is -10.6. The molecule has 1 aromatic carbocycles. The van der Waals surface area contributed by atoms with Gasteiger partial charge >= 0.3 is 0 Å². The Bertz CT molecular complexity index is 1070. The lowest BCUT2D eigenvalue weighted by Gasteiger charge is -2.23. The summed E-state index contributed by atoms with van der Waals surface area (Å²) in [6.07, 6.45) is 4.33. The summed E-state index contributed by atoms with van der Waals surface area (Å²) in [7, 11) is 0. The molecule has 1 amide bonds. The number of anilines is 1. The average molecular weight is 478 g/mol. The van der Waals surface area contributed by atoms with Gasteiger partial charge < -0.3 is 5.32 Å². The number of benzene rings is 1. The number of hydrogen-bond acceptors (Lipinski definition) is 3. The second-order valence-electron chi connectivity index (χ2n) is 6.56. The summed E-state index contributed by atoms with van der Waals surface area (Å²) in [5.41, 5.74) is -2.14. The number of carbonyl (C=O) groups excluding carboxylic acids is 1. The number of amides is 1. The fraction of sp³-hybridized carbons (Fsp3) is 0.235. The fourth-order valence-electron chi connectivity index (χ4n) is 2.45. The maximum Gasteiger partial charge on any atom is 0.252 e. The standard InChI is InChI=1S/C17H13BrF5N5O/c1-17(2,28-6-8(18)5-24-28)16(29)25-10-3-4-27(26-10)7-9-11(19)13(21)15(23)14(22)12(9)20/h3-6H,7H2,1-2H3,(H,25,26,29). The molecule has 0 unspecified atom stereocenters. The highest BCUT2D eigenvalue weighted by atomic mass is 79.9. The minimum Gasteiger partial charge on any atom is -0.307 e. The molecule has 154 valence electrons. The van der Waals surface area contributed by atoms with E-state index in [1.165, 1.54) is 23.1 Å². The Morgan fingerprint density at radius 2 is 1.69 bits per heavy atom. The van der Waals surface area contributed by atoms with Crippen LogP contribution in [0.4, 0.5) is 27.8 Å². The van der Waals surface area contributed by atoms with E-state index >= 15 is 0 Å². The monoisotopic (exact) mass is 477 g/mol. The molecular weight excluding hydrogens is 465 g/mol. The van der Waals surface area contributed by atoms with Crippen LogP contribution < -0.4 is 5.32 Å². The van der Waals surface area contributed by atoms with Gasteiger partial charge in [-0.15, -0.1) is 0 Å².